The predicted octanol–water partition coefficient (Wildman–Crippen LogP) is 2.80. The van der Waals surface area contributed by atoms with E-state index in [9.17, 15) is 5.11 Å². The Morgan fingerprint density at radius 2 is 1.81 bits per heavy atom. The molecule has 0 saturated carbocycles. The van der Waals surface area contributed by atoms with Gasteiger partial charge in [0.15, 0.2) is 0 Å². The van der Waals surface area contributed by atoms with Gasteiger partial charge in [0.25, 0.3) is 0 Å². The third kappa shape index (κ3) is 2.43. The molecule has 0 aliphatic rings. The predicted molar refractivity (Wildman–Crippen MR) is 63.2 cm³/mol. The zero-order valence-electron chi connectivity index (χ0n) is 9.77. The van der Waals surface area contributed by atoms with Crippen LogP contribution in [0.2, 0.25) is 0 Å². The van der Waals surface area contributed by atoms with Gasteiger partial charge in [0, 0.05) is 13.2 Å². The molecule has 0 bridgehead atoms. The number of benzene rings is 1. The number of aromatic hydroxyl groups is 1. The van der Waals surface area contributed by atoms with Crippen molar-refractivity contribution in [1.82, 2.24) is 0 Å². The molecule has 0 atom stereocenters. The zero-order chi connectivity index (χ0) is 12.0. The molecule has 0 aliphatic heterocycles. The minimum absolute atomic E-state index is 0.143. The van der Waals surface area contributed by atoms with E-state index in [2.05, 4.69) is 6.58 Å². The van der Waals surface area contributed by atoms with Crippen LogP contribution in [0, 0.1) is 0 Å². The van der Waals surface area contributed by atoms with E-state index in [0.29, 0.717) is 18.8 Å². The van der Waals surface area contributed by atoms with E-state index in [4.69, 9.17) is 9.47 Å². The second kappa shape index (κ2) is 5.68. The van der Waals surface area contributed by atoms with Crippen LogP contribution in [0.4, 0.5) is 0 Å². The maximum atomic E-state index is 9.82. The standard InChI is InChI=1S/C13H18O3/c1-4-13(15-5-2,16-6-3)11-9-7-8-10-12(11)14/h4,7-10,14H,1,5-6H2,2-3H3. The Balaban J connectivity index is 3.18. The Hall–Kier alpha value is -1.32. The lowest BCUT2D eigenvalue weighted by atomic mass is 10.0. The van der Waals surface area contributed by atoms with Crippen molar-refractivity contribution in [2.24, 2.45) is 0 Å². The molecule has 0 saturated heterocycles. The van der Waals surface area contributed by atoms with Crippen molar-refractivity contribution in [3.63, 3.8) is 0 Å². The lowest BCUT2D eigenvalue weighted by Crippen LogP contribution is -2.31. The first kappa shape index (κ1) is 12.7. The largest absolute Gasteiger partial charge is 0.507 e. The maximum absolute atomic E-state index is 9.82. The van der Waals surface area contributed by atoms with Crippen LogP contribution in [0.25, 0.3) is 0 Å². The van der Waals surface area contributed by atoms with E-state index in [0.717, 1.165) is 0 Å². The minimum Gasteiger partial charge on any atom is -0.507 e. The summed E-state index contributed by atoms with van der Waals surface area (Å²) in [6, 6.07) is 6.95. The molecule has 1 aromatic rings. The van der Waals surface area contributed by atoms with E-state index < -0.39 is 5.79 Å². The average molecular weight is 222 g/mol. The van der Waals surface area contributed by atoms with E-state index in [-0.39, 0.29) is 5.75 Å². The molecule has 3 heteroatoms. The summed E-state index contributed by atoms with van der Waals surface area (Å²) >= 11 is 0. The van der Waals surface area contributed by atoms with Crippen molar-refractivity contribution in [2.45, 2.75) is 19.6 Å². The molecule has 1 rings (SSSR count). The quantitative estimate of drug-likeness (QED) is 0.594. The summed E-state index contributed by atoms with van der Waals surface area (Å²) in [5.74, 6) is -0.918. The lowest BCUT2D eigenvalue weighted by molar-refractivity contribution is -0.208. The van der Waals surface area contributed by atoms with Crippen molar-refractivity contribution in [1.29, 1.82) is 0 Å². The van der Waals surface area contributed by atoms with Crippen LogP contribution >= 0.6 is 0 Å². The fourth-order valence-corrected chi connectivity index (χ4v) is 1.62. The lowest BCUT2D eigenvalue weighted by Gasteiger charge is -2.30. The smallest absolute Gasteiger partial charge is 0.218 e. The first-order chi connectivity index (χ1) is 7.70. The molecule has 1 N–H and O–H groups in total. The SMILES string of the molecule is C=CC(OCC)(OCC)c1ccccc1O. The van der Waals surface area contributed by atoms with Gasteiger partial charge < -0.3 is 14.6 Å². The van der Waals surface area contributed by atoms with Gasteiger partial charge in [-0.25, -0.2) is 0 Å². The molecule has 0 amide bonds. The Kier molecular flexibility index (Phi) is 4.52. The van der Waals surface area contributed by atoms with Crippen LogP contribution in [-0.2, 0) is 15.3 Å². The highest BCUT2D eigenvalue weighted by atomic mass is 16.7. The molecule has 0 spiro atoms. The van der Waals surface area contributed by atoms with Crippen LogP contribution in [0.5, 0.6) is 5.75 Å². The van der Waals surface area contributed by atoms with Crippen LogP contribution in [0.1, 0.15) is 19.4 Å². The van der Waals surface area contributed by atoms with Gasteiger partial charge in [-0.3, -0.25) is 0 Å². The summed E-state index contributed by atoms with van der Waals surface area (Å²) in [5, 5.41) is 9.82. The van der Waals surface area contributed by atoms with Gasteiger partial charge in [0.2, 0.25) is 5.79 Å². The molecule has 0 radical (unpaired) electrons. The monoisotopic (exact) mass is 222 g/mol. The number of rotatable bonds is 6. The molecule has 3 nitrogen and oxygen atoms in total. The van der Waals surface area contributed by atoms with Crippen molar-refractivity contribution >= 4 is 0 Å². The van der Waals surface area contributed by atoms with Gasteiger partial charge in [-0.2, -0.15) is 0 Å². The van der Waals surface area contributed by atoms with Gasteiger partial charge in [0.1, 0.15) is 5.75 Å². The number of hydrogen-bond donors (Lipinski definition) is 1. The summed E-state index contributed by atoms with van der Waals surface area (Å²) in [6.45, 7) is 8.42. The number of phenols is 1. The van der Waals surface area contributed by atoms with Gasteiger partial charge in [-0.05, 0) is 32.1 Å². The molecule has 0 aromatic heterocycles. The second-order valence-corrected chi connectivity index (χ2v) is 3.25. The number of ether oxygens (including phenoxy) is 2. The first-order valence-corrected chi connectivity index (χ1v) is 5.40. The fraction of sp³-hybridized carbons (Fsp3) is 0.385. The molecule has 0 aliphatic carbocycles. The summed E-state index contributed by atoms with van der Waals surface area (Å²) in [5.41, 5.74) is 0.578. The molecule has 1 aromatic carbocycles. The molecular formula is C13H18O3. The first-order valence-electron chi connectivity index (χ1n) is 5.40. The Morgan fingerprint density at radius 1 is 1.25 bits per heavy atom. The van der Waals surface area contributed by atoms with Crippen LogP contribution in [0.3, 0.4) is 0 Å². The topological polar surface area (TPSA) is 38.7 Å². The average Bonchev–Trinajstić information content (AvgIpc) is 2.29. The van der Waals surface area contributed by atoms with E-state index in [1.54, 1.807) is 24.3 Å². The van der Waals surface area contributed by atoms with E-state index >= 15 is 0 Å². The van der Waals surface area contributed by atoms with E-state index in [1.807, 2.05) is 19.9 Å². The fourth-order valence-electron chi connectivity index (χ4n) is 1.62. The second-order valence-electron chi connectivity index (χ2n) is 3.25. The van der Waals surface area contributed by atoms with Gasteiger partial charge in [-0.1, -0.05) is 18.7 Å². The highest BCUT2D eigenvalue weighted by molar-refractivity contribution is 5.37. The van der Waals surface area contributed by atoms with Gasteiger partial charge in [0.05, 0.1) is 5.56 Å². The van der Waals surface area contributed by atoms with Crippen LogP contribution in [-0.4, -0.2) is 18.3 Å². The van der Waals surface area contributed by atoms with Crippen LogP contribution < -0.4 is 0 Å². The number of phenolic OH excluding ortho intramolecular Hbond substituents is 1. The molecule has 88 valence electrons. The summed E-state index contributed by atoms with van der Waals surface area (Å²) in [6.07, 6.45) is 1.56. The molecule has 0 unspecified atom stereocenters. The van der Waals surface area contributed by atoms with E-state index in [1.165, 1.54) is 0 Å². The minimum atomic E-state index is -1.06. The summed E-state index contributed by atoms with van der Waals surface area (Å²) < 4.78 is 11.2. The van der Waals surface area contributed by atoms with Crippen LogP contribution in [0.15, 0.2) is 36.9 Å². The normalized spacial score (nSPS) is 11.4. The molecular weight excluding hydrogens is 204 g/mol. The Morgan fingerprint density at radius 3 is 2.25 bits per heavy atom. The van der Waals surface area contributed by atoms with Gasteiger partial charge >= 0.3 is 0 Å². The van der Waals surface area contributed by atoms with Crippen molar-refractivity contribution < 1.29 is 14.6 Å². The number of para-hydroxylation sites is 1. The third-order valence-corrected chi connectivity index (χ3v) is 2.27. The highest BCUT2D eigenvalue weighted by Crippen LogP contribution is 2.34. The summed E-state index contributed by atoms with van der Waals surface area (Å²) in [4.78, 5) is 0. The molecule has 0 heterocycles. The molecule has 16 heavy (non-hydrogen) atoms. The van der Waals surface area contributed by atoms with Crippen molar-refractivity contribution in [3.8, 4) is 5.75 Å². The summed E-state index contributed by atoms with van der Waals surface area (Å²) in [7, 11) is 0. The number of hydrogen-bond acceptors (Lipinski definition) is 3. The maximum Gasteiger partial charge on any atom is 0.218 e. The Bertz CT molecular complexity index is 341. The Labute approximate surface area is 96.3 Å². The highest BCUT2D eigenvalue weighted by Gasteiger charge is 2.32. The van der Waals surface area contributed by atoms with Crippen molar-refractivity contribution in [3.05, 3.63) is 42.5 Å². The van der Waals surface area contributed by atoms with Crippen molar-refractivity contribution in [2.75, 3.05) is 13.2 Å². The molecule has 0 fully saturated rings. The van der Waals surface area contributed by atoms with Gasteiger partial charge in [-0.15, -0.1) is 0 Å². The zero-order valence-corrected chi connectivity index (χ0v) is 9.77. The third-order valence-electron chi connectivity index (χ3n) is 2.27.